The lowest BCUT2D eigenvalue weighted by molar-refractivity contribution is -0.134. The van der Waals surface area contributed by atoms with Gasteiger partial charge in [0.05, 0.1) is 35.8 Å². The van der Waals surface area contributed by atoms with Crippen molar-refractivity contribution in [1.82, 2.24) is 9.80 Å². The Hall–Kier alpha value is -3.73. The van der Waals surface area contributed by atoms with E-state index in [2.05, 4.69) is 0 Å². The maximum Gasteiger partial charge on any atom is 0.342 e. The molecule has 2 aromatic rings. The van der Waals surface area contributed by atoms with Crippen molar-refractivity contribution in [2.24, 2.45) is 0 Å². The average Bonchev–Trinajstić information content (AvgIpc) is 3.34. The molecule has 4 rings (SSSR count). The lowest BCUT2D eigenvalue weighted by Gasteiger charge is -2.23. The maximum atomic E-state index is 12.9. The second-order valence-corrected chi connectivity index (χ2v) is 10.9. The molecule has 0 bridgehead atoms. The van der Waals surface area contributed by atoms with Crippen molar-refractivity contribution in [2.45, 2.75) is 25.9 Å². The van der Waals surface area contributed by atoms with Crippen LogP contribution in [0.4, 0.5) is 0 Å². The van der Waals surface area contributed by atoms with Crippen molar-refractivity contribution in [3.8, 4) is 5.75 Å². The zero-order valence-electron chi connectivity index (χ0n) is 19.9. The molecule has 10 nitrogen and oxygen atoms in total. The molecule has 2 aromatic carbocycles. The molecular weight excluding hydrogens is 488 g/mol. The lowest BCUT2D eigenvalue weighted by atomic mass is 10.1. The summed E-state index contributed by atoms with van der Waals surface area (Å²) in [7, 11) is -1.69. The number of rotatable bonds is 8. The number of nitrogens with zero attached hydrogens (tertiary/aromatic N) is 2. The first-order chi connectivity index (χ1) is 17.1. The van der Waals surface area contributed by atoms with Gasteiger partial charge in [0.2, 0.25) is 0 Å². The Labute approximate surface area is 208 Å². The van der Waals surface area contributed by atoms with Gasteiger partial charge in [0.1, 0.15) is 11.3 Å². The van der Waals surface area contributed by atoms with Crippen molar-refractivity contribution in [2.75, 3.05) is 31.8 Å². The van der Waals surface area contributed by atoms with Gasteiger partial charge in [0.15, 0.2) is 16.4 Å². The van der Waals surface area contributed by atoms with E-state index in [1.165, 1.54) is 18.0 Å². The molecule has 0 N–H and O–H groups in total. The SMILES string of the molecule is CCOc1ccc(CN2C(=O)c3ccccc3C2=O)cc1C(=O)OCC(=O)N(C)[C@@H]1CCS(=O)(=O)C1. The third kappa shape index (κ3) is 5.11. The van der Waals surface area contributed by atoms with Gasteiger partial charge in [-0.15, -0.1) is 0 Å². The number of ether oxygens (including phenoxy) is 2. The van der Waals surface area contributed by atoms with Gasteiger partial charge in [-0.25, -0.2) is 13.2 Å². The molecule has 0 spiro atoms. The zero-order chi connectivity index (χ0) is 26.0. The number of imide groups is 1. The highest BCUT2D eigenvalue weighted by Gasteiger charge is 2.35. The number of amides is 3. The highest BCUT2D eigenvalue weighted by Crippen LogP contribution is 2.27. The number of carbonyl (C=O) groups is 4. The third-order valence-corrected chi connectivity index (χ3v) is 8.01. The number of fused-ring (bicyclic) bond motifs is 1. The summed E-state index contributed by atoms with van der Waals surface area (Å²) in [6.07, 6.45) is 0.340. The summed E-state index contributed by atoms with van der Waals surface area (Å²) in [4.78, 5) is 53.2. The number of hydrogen-bond acceptors (Lipinski definition) is 8. The lowest BCUT2D eigenvalue weighted by Crippen LogP contribution is -2.40. The van der Waals surface area contributed by atoms with Crippen LogP contribution in [0, 0.1) is 0 Å². The fraction of sp³-hybridized carbons (Fsp3) is 0.360. The summed E-state index contributed by atoms with van der Waals surface area (Å²) < 4.78 is 34.1. The molecular formula is C25H26N2O8S. The van der Waals surface area contributed by atoms with Crippen molar-refractivity contribution < 1.29 is 37.1 Å². The first-order valence-corrected chi connectivity index (χ1v) is 13.3. The molecule has 0 aromatic heterocycles. The van der Waals surface area contributed by atoms with Gasteiger partial charge < -0.3 is 14.4 Å². The number of hydrogen-bond donors (Lipinski definition) is 0. The van der Waals surface area contributed by atoms with Gasteiger partial charge in [-0.3, -0.25) is 19.3 Å². The van der Waals surface area contributed by atoms with Crippen LogP contribution in [-0.2, 0) is 25.9 Å². The Morgan fingerprint density at radius 1 is 1.08 bits per heavy atom. The van der Waals surface area contributed by atoms with Gasteiger partial charge >= 0.3 is 5.97 Å². The van der Waals surface area contributed by atoms with Crippen LogP contribution in [0.1, 0.15) is 50.0 Å². The molecule has 36 heavy (non-hydrogen) atoms. The highest BCUT2D eigenvalue weighted by atomic mass is 32.2. The summed E-state index contributed by atoms with van der Waals surface area (Å²) in [6.45, 7) is 1.39. The van der Waals surface area contributed by atoms with E-state index in [0.29, 0.717) is 23.1 Å². The molecule has 1 saturated heterocycles. The Balaban J connectivity index is 1.46. The number of benzene rings is 2. The summed E-state index contributed by atoms with van der Waals surface area (Å²) in [5, 5.41) is 0. The number of esters is 1. The molecule has 2 heterocycles. The van der Waals surface area contributed by atoms with E-state index < -0.39 is 46.2 Å². The average molecular weight is 515 g/mol. The topological polar surface area (TPSA) is 127 Å². The van der Waals surface area contributed by atoms with Crippen molar-refractivity contribution in [1.29, 1.82) is 0 Å². The van der Waals surface area contributed by atoms with Crippen LogP contribution in [0.25, 0.3) is 0 Å². The minimum atomic E-state index is -3.17. The van der Waals surface area contributed by atoms with E-state index in [4.69, 9.17) is 9.47 Å². The van der Waals surface area contributed by atoms with Crippen LogP contribution in [0.3, 0.4) is 0 Å². The molecule has 2 aliphatic heterocycles. The molecule has 0 unspecified atom stereocenters. The summed E-state index contributed by atoms with van der Waals surface area (Å²) >= 11 is 0. The van der Waals surface area contributed by atoms with Crippen LogP contribution >= 0.6 is 0 Å². The standard InChI is InChI=1S/C25H26N2O8S/c1-3-34-21-9-8-16(13-27-23(29)18-6-4-5-7-19(18)24(27)30)12-20(21)25(31)35-14-22(28)26(2)17-10-11-36(32,33)15-17/h4-9,12,17H,3,10-11,13-15H2,1-2H3/t17-/m1/s1. The minimum Gasteiger partial charge on any atom is -0.493 e. The second-order valence-electron chi connectivity index (χ2n) is 8.64. The normalized spacial score (nSPS) is 18.2. The van der Waals surface area contributed by atoms with E-state index in [1.54, 1.807) is 43.3 Å². The Morgan fingerprint density at radius 2 is 1.75 bits per heavy atom. The third-order valence-electron chi connectivity index (χ3n) is 6.26. The fourth-order valence-corrected chi connectivity index (χ4v) is 6.05. The molecule has 0 saturated carbocycles. The Morgan fingerprint density at radius 3 is 2.33 bits per heavy atom. The van der Waals surface area contributed by atoms with Crippen molar-refractivity contribution in [3.05, 3.63) is 64.7 Å². The maximum absolute atomic E-state index is 12.9. The largest absolute Gasteiger partial charge is 0.493 e. The predicted octanol–water partition coefficient (Wildman–Crippen LogP) is 1.68. The summed E-state index contributed by atoms with van der Waals surface area (Å²) in [6, 6.07) is 10.7. The fourth-order valence-electron chi connectivity index (χ4n) is 4.27. The number of sulfone groups is 1. The van der Waals surface area contributed by atoms with E-state index in [1.807, 2.05) is 0 Å². The van der Waals surface area contributed by atoms with E-state index in [9.17, 15) is 27.6 Å². The van der Waals surface area contributed by atoms with Gasteiger partial charge in [0, 0.05) is 13.1 Å². The Bertz CT molecular complexity index is 1300. The van der Waals surface area contributed by atoms with Gasteiger partial charge in [-0.2, -0.15) is 0 Å². The van der Waals surface area contributed by atoms with E-state index in [0.717, 1.165) is 4.90 Å². The van der Waals surface area contributed by atoms with Gasteiger partial charge in [0.25, 0.3) is 17.7 Å². The second kappa shape index (κ2) is 10.1. The first kappa shape index (κ1) is 25.4. The zero-order valence-corrected chi connectivity index (χ0v) is 20.7. The molecule has 0 aliphatic carbocycles. The van der Waals surface area contributed by atoms with Crippen LogP contribution in [0.15, 0.2) is 42.5 Å². The Kier molecular flexibility index (Phi) is 7.11. The molecule has 2 aliphatic rings. The highest BCUT2D eigenvalue weighted by molar-refractivity contribution is 7.91. The monoisotopic (exact) mass is 514 g/mol. The number of carbonyl (C=O) groups excluding carboxylic acids is 4. The molecule has 1 atom stereocenters. The quantitative estimate of drug-likeness (QED) is 0.385. The molecule has 1 fully saturated rings. The minimum absolute atomic E-state index is 0.0205. The molecule has 11 heteroatoms. The first-order valence-electron chi connectivity index (χ1n) is 11.5. The molecule has 3 amide bonds. The van der Waals surface area contributed by atoms with Crippen molar-refractivity contribution in [3.63, 3.8) is 0 Å². The van der Waals surface area contributed by atoms with Gasteiger partial charge in [-0.1, -0.05) is 18.2 Å². The van der Waals surface area contributed by atoms with Crippen LogP contribution in [0.5, 0.6) is 5.75 Å². The smallest absolute Gasteiger partial charge is 0.342 e. The summed E-state index contributed by atoms with van der Waals surface area (Å²) in [5.41, 5.74) is 1.20. The van der Waals surface area contributed by atoms with E-state index in [-0.39, 0.29) is 36.0 Å². The number of likely N-dealkylation sites (N-methyl/N-ethyl adjacent to an activating group) is 1. The van der Waals surface area contributed by atoms with Crippen LogP contribution in [-0.4, -0.2) is 79.7 Å². The molecule has 0 radical (unpaired) electrons. The molecule has 190 valence electrons. The predicted molar refractivity (Wildman–Crippen MR) is 128 cm³/mol. The van der Waals surface area contributed by atoms with Gasteiger partial charge in [-0.05, 0) is 43.2 Å². The van der Waals surface area contributed by atoms with E-state index >= 15 is 0 Å². The van der Waals surface area contributed by atoms with Crippen LogP contribution in [0.2, 0.25) is 0 Å². The van der Waals surface area contributed by atoms with Crippen LogP contribution < -0.4 is 4.74 Å². The van der Waals surface area contributed by atoms with Crippen molar-refractivity contribution >= 4 is 33.5 Å². The summed E-state index contributed by atoms with van der Waals surface area (Å²) in [5.74, 6) is -2.04.